The van der Waals surface area contributed by atoms with Crippen LogP contribution in [0, 0.1) is 5.92 Å². The van der Waals surface area contributed by atoms with E-state index in [0.29, 0.717) is 18.4 Å². The normalized spacial score (nSPS) is 20.9. The number of carbonyl (C=O) groups excluding carboxylic acids is 1. The molecule has 7 nitrogen and oxygen atoms in total. The Labute approximate surface area is 116 Å². The third kappa shape index (κ3) is 2.71. The van der Waals surface area contributed by atoms with Crippen molar-refractivity contribution in [3.8, 4) is 0 Å². The van der Waals surface area contributed by atoms with Gasteiger partial charge in [-0.25, -0.2) is 4.68 Å². The van der Waals surface area contributed by atoms with Gasteiger partial charge in [-0.05, 0) is 34.9 Å². The minimum atomic E-state index is -0.0601. The zero-order valence-electron chi connectivity index (χ0n) is 11.6. The van der Waals surface area contributed by atoms with Gasteiger partial charge in [0.05, 0.1) is 6.54 Å². The van der Waals surface area contributed by atoms with E-state index in [2.05, 4.69) is 22.4 Å². The summed E-state index contributed by atoms with van der Waals surface area (Å²) >= 11 is 0. The van der Waals surface area contributed by atoms with E-state index in [9.17, 15) is 4.79 Å². The highest BCUT2D eigenvalue weighted by Crippen LogP contribution is 2.47. The summed E-state index contributed by atoms with van der Waals surface area (Å²) in [5.74, 6) is 3.06. The SMILES string of the molecule is CC1CC1c1ccc(CN(C)C(=O)Cn2cnnn2)o1. The summed E-state index contributed by atoms with van der Waals surface area (Å²) in [6, 6.07) is 3.96. The quantitative estimate of drug-likeness (QED) is 0.815. The number of rotatable bonds is 5. The Hall–Kier alpha value is -2.18. The van der Waals surface area contributed by atoms with E-state index in [4.69, 9.17) is 4.42 Å². The molecule has 1 saturated carbocycles. The first-order chi connectivity index (χ1) is 9.63. The molecule has 1 aliphatic rings. The van der Waals surface area contributed by atoms with Gasteiger partial charge < -0.3 is 9.32 Å². The van der Waals surface area contributed by atoms with Gasteiger partial charge in [0.15, 0.2) is 0 Å². The van der Waals surface area contributed by atoms with Crippen LogP contribution in [0.2, 0.25) is 0 Å². The average molecular weight is 275 g/mol. The standard InChI is InChI=1S/C13H17N5O2/c1-9-5-11(9)12-4-3-10(20-12)6-17(2)13(19)7-18-8-14-15-16-18/h3-4,8-9,11H,5-7H2,1-2H3. The Morgan fingerprint density at radius 1 is 1.55 bits per heavy atom. The number of aromatic nitrogens is 4. The van der Waals surface area contributed by atoms with Gasteiger partial charge in [0.1, 0.15) is 24.4 Å². The Bertz CT molecular complexity index is 592. The summed E-state index contributed by atoms with van der Waals surface area (Å²) in [7, 11) is 1.74. The van der Waals surface area contributed by atoms with Crippen molar-refractivity contribution in [3.05, 3.63) is 30.0 Å². The number of furan rings is 1. The van der Waals surface area contributed by atoms with E-state index in [-0.39, 0.29) is 12.5 Å². The van der Waals surface area contributed by atoms with Crippen molar-refractivity contribution < 1.29 is 9.21 Å². The van der Waals surface area contributed by atoms with Gasteiger partial charge in [-0.1, -0.05) is 6.92 Å². The van der Waals surface area contributed by atoms with Crippen LogP contribution in [0.15, 0.2) is 22.9 Å². The summed E-state index contributed by atoms with van der Waals surface area (Å²) in [6.07, 6.45) is 2.62. The number of carbonyl (C=O) groups is 1. The number of hydrogen-bond acceptors (Lipinski definition) is 5. The van der Waals surface area contributed by atoms with Gasteiger partial charge in [-0.2, -0.15) is 0 Å². The zero-order valence-corrected chi connectivity index (χ0v) is 11.6. The number of amides is 1. The Morgan fingerprint density at radius 3 is 3.00 bits per heavy atom. The van der Waals surface area contributed by atoms with Gasteiger partial charge in [0, 0.05) is 13.0 Å². The maximum atomic E-state index is 12.0. The molecule has 2 atom stereocenters. The second kappa shape index (κ2) is 5.07. The second-order valence-corrected chi connectivity index (χ2v) is 5.38. The number of hydrogen-bond donors (Lipinski definition) is 0. The van der Waals surface area contributed by atoms with Crippen LogP contribution in [0.3, 0.4) is 0 Å². The fourth-order valence-electron chi connectivity index (χ4n) is 2.23. The lowest BCUT2D eigenvalue weighted by atomic mass is 10.3. The zero-order chi connectivity index (χ0) is 14.1. The molecule has 1 amide bonds. The number of tetrazole rings is 1. The van der Waals surface area contributed by atoms with Crippen LogP contribution in [0.25, 0.3) is 0 Å². The third-order valence-electron chi connectivity index (χ3n) is 3.66. The van der Waals surface area contributed by atoms with Crippen LogP contribution in [-0.4, -0.2) is 38.1 Å². The highest BCUT2D eigenvalue weighted by molar-refractivity contribution is 5.75. The van der Waals surface area contributed by atoms with E-state index in [1.807, 2.05) is 12.1 Å². The van der Waals surface area contributed by atoms with Crippen LogP contribution in [0.1, 0.15) is 30.8 Å². The van der Waals surface area contributed by atoms with Gasteiger partial charge in [0.2, 0.25) is 5.91 Å². The molecule has 2 aromatic heterocycles. The van der Waals surface area contributed by atoms with Crippen molar-refractivity contribution in [1.29, 1.82) is 0 Å². The molecule has 2 heterocycles. The van der Waals surface area contributed by atoms with Crippen LogP contribution in [0.5, 0.6) is 0 Å². The van der Waals surface area contributed by atoms with E-state index >= 15 is 0 Å². The smallest absolute Gasteiger partial charge is 0.244 e. The third-order valence-corrected chi connectivity index (χ3v) is 3.66. The predicted molar refractivity (Wildman–Crippen MR) is 69.5 cm³/mol. The van der Waals surface area contributed by atoms with E-state index < -0.39 is 0 Å². The molecule has 106 valence electrons. The predicted octanol–water partition coefficient (Wildman–Crippen LogP) is 1.05. The van der Waals surface area contributed by atoms with Gasteiger partial charge >= 0.3 is 0 Å². The lowest BCUT2D eigenvalue weighted by Gasteiger charge is -2.15. The van der Waals surface area contributed by atoms with Gasteiger partial charge in [-0.15, -0.1) is 5.10 Å². The fraction of sp³-hybridized carbons (Fsp3) is 0.538. The van der Waals surface area contributed by atoms with Crippen molar-refractivity contribution in [3.63, 3.8) is 0 Å². The highest BCUT2D eigenvalue weighted by Gasteiger charge is 2.36. The molecule has 2 aromatic rings. The van der Waals surface area contributed by atoms with E-state index in [1.165, 1.54) is 17.4 Å². The molecule has 0 N–H and O–H groups in total. The second-order valence-electron chi connectivity index (χ2n) is 5.38. The topological polar surface area (TPSA) is 77.1 Å². The molecule has 20 heavy (non-hydrogen) atoms. The first kappa shape index (κ1) is 12.8. The maximum absolute atomic E-state index is 12.0. The van der Waals surface area contributed by atoms with Crippen molar-refractivity contribution in [2.45, 2.75) is 32.4 Å². The van der Waals surface area contributed by atoms with Crippen molar-refractivity contribution in [2.24, 2.45) is 5.92 Å². The van der Waals surface area contributed by atoms with Crippen LogP contribution < -0.4 is 0 Å². The molecule has 1 fully saturated rings. The Morgan fingerprint density at radius 2 is 2.35 bits per heavy atom. The van der Waals surface area contributed by atoms with Crippen molar-refractivity contribution >= 4 is 5.91 Å². The number of likely N-dealkylation sites (N-methyl/N-ethyl adjacent to an activating group) is 1. The average Bonchev–Trinajstić information content (AvgIpc) is 2.87. The van der Waals surface area contributed by atoms with Gasteiger partial charge in [-0.3, -0.25) is 4.79 Å². The lowest BCUT2D eigenvalue weighted by Crippen LogP contribution is -2.29. The molecule has 0 aromatic carbocycles. The van der Waals surface area contributed by atoms with Crippen LogP contribution in [0.4, 0.5) is 0 Å². The molecule has 2 unspecified atom stereocenters. The van der Waals surface area contributed by atoms with E-state index in [1.54, 1.807) is 11.9 Å². The Balaban J connectivity index is 1.56. The van der Waals surface area contributed by atoms with Crippen molar-refractivity contribution in [1.82, 2.24) is 25.1 Å². The van der Waals surface area contributed by atoms with Crippen LogP contribution in [-0.2, 0) is 17.9 Å². The maximum Gasteiger partial charge on any atom is 0.244 e. The first-order valence-corrected chi connectivity index (χ1v) is 6.67. The molecule has 0 aliphatic heterocycles. The minimum absolute atomic E-state index is 0.0601. The number of nitrogens with zero attached hydrogens (tertiary/aromatic N) is 5. The summed E-state index contributed by atoms with van der Waals surface area (Å²) in [5, 5.41) is 10.7. The summed E-state index contributed by atoms with van der Waals surface area (Å²) < 4.78 is 7.19. The molecule has 0 spiro atoms. The highest BCUT2D eigenvalue weighted by atomic mass is 16.3. The summed E-state index contributed by atoms with van der Waals surface area (Å²) in [5.41, 5.74) is 0. The summed E-state index contributed by atoms with van der Waals surface area (Å²) in [4.78, 5) is 13.6. The molecule has 0 bridgehead atoms. The molecule has 1 aliphatic carbocycles. The lowest BCUT2D eigenvalue weighted by molar-refractivity contribution is -0.131. The monoisotopic (exact) mass is 275 g/mol. The summed E-state index contributed by atoms with van der Waals surface area (Å²) in [6.45, 7) is 2.81. The van der Waals surface area contributed by atoms with Crippen LogP contribution >= 0.6 is 0 Å². The van der Waals surface area contributed by atoms with Crippen molar-refractivity contribution in [2.75, 3.05) is 7.05 Å². The molecule has 7 heteroatoms. The largest absolute Gasteiger partial charge is 0.464 e. The molecular weight excluding hydrogens is 258 g/mol. The van der Waals surface area contributed by atoms with Gasteiger partial charge in [0.25, 0.3) is 0 Å². The first-order valence-electron chi connectivity index (χ1n) is 6.67. The molecule has 0 saturated heterocycles. The van der Waals surface area contributed by atoms with E-state index in [0.717, 1.165) is 11.5 Å². The molecule has 0 radical (unpaired) electrons. The Kier molecular flexibility index (Phi) is 3.25. The minimum Gasteiger partial charge on any atom is -0.464 e. The molecular formula is C13H17N5O2. The molecule has 3 rings (SSSR count). The fourth-order valence-corrected chi connectivity index (χ4v) is 2.23.